The third kappa shape index (κ3) is 1.74. The molecule has 0 aromatic heterocycles. The fourth-order valence-electron chi connectivity index (χ4n) is 1.52. The van der Waals surface area contributed by atoms with Gasteiger partial charge in [-0.1, -0.05) is 42.5 Å². The van der Waals surface area contributed by atoms with Crippen molar-refractivity contribution in [1.29, 1.82) is 0 Å². The Bertz CT molecular complexity index is 476. The summed E-state index contributed by atoms with van der Waals surface area (Å²) >= 11 is 0. The molecule has 2 nitrogen and oxygen atoms in total. The number of benzene rings is 2. The molecule has 1 amide bonds. The molecule has 0 N–H and O–H groups in total. The summed E-state index contributed by atoms with van der Waals surface area (Å²) in [4.78, 5) is 10.5. The molecular formula is C12H9NO. The molecule has 0 unspecified atom stereocenters. The number of amides is 1. The van der Waals surface area contributed by atoms with Crippen molar-refractivity contribution in [2.24, 2.45) is 0 Å². The van der Waals surface area contributed by atoms with Crippen molar-refractivity contribution in [1.82, 2.24) is 5.73 Å². The first-order valence-electron chi connectivity index (χ1n) is 4.45. The fourth-order valence-corrected chi connectivity index (χ4v) is 1.52. The number of fused-ring (bicyclic) bond motifs is 1. The van der Waals surface area contributed by atoms with Gasteiger partial charge in [-0.05, 0) is 16.3 Å². The van der Waals surface area contributed by atoms with E-state index >= 15 is 0 Å². The van der Waals surface area contributed by atoms with Crippen LogP contribution in [0.25, 0.3) is 10.8 Å². The predicted octanol–water partition coefficient (Wildman–Crippen LogP) is 1.98. The molecule has 0 fully saturated rings. The Morgan fingerprint density at radius 2 is 1.79 bits per heavy atom. The maximum Gasteiger partial charge on any atom is 0.269 e. The molecule has 2 rings (SSSR count). The Morgan fingerprint density at radius 1 is 1.07 bits per heavy atom. The highest BCUT2D eigenvalue weighted by atomic mass is 16.1. The van der Waals surface area contributed by atoms with Gasteiger partial charge >= 0.3 is 0 Å². The second-order valence-corrected chi connectivity index (χ2v) is 3.25. The smallest absolute Gasteiger partial charge is 0.269 e. The van der Waals surface area contributed by atoms with Gasteiger partial charge in [0.25, 0.3) is 5.91 Å². The van der Waals surface area contributed by atoms with Gasteiger partial charge in [0.15, 0.2) is 0 Å². The number of rotatable bonds is 2. The van der Waals surface area contributed by atoms with Crippen LogP contribution in [0.3, 0.4) is 0 Å². The van der Waals surface area contributed by atoms with E-state index in [1.807, 2.05) is 42.5 Å². The quantitative estimate of drug-likeness (QED) is 0.701. The Kier molecular flexibility index (Phi) is 2.19. The van der Waals surface area contributed by atoms with Crippen molar-refractivity contribution in [2.75, 3.05) is 0 Å². The van der Waals surface area contributed by atoms with Crippen molar-refractivity contribution in [2.45, 2.75) is 6.42 Å². The van der Waals surface area contributed by atoms with E-state index in [0.717, 1.165) is 16.3 Å². The molecule has 2 heteroatoms. The molecule has 0 aliphatic rings. The molecule has 2 aromatic carbocycles. The molecule has 0 saturated heterocycles. The molecular weight excluding hydrogens is 174 g/mol. The number of hydrogen-bond donors (Lipinski definition) is 0. The van der Waals surface area contributed by atoms with Crippen LogP contribution >= 0.6 is 0 Å². The van der Waals surface area contributed by atoms with Crippen LogP contribution in [0.4, 0.5) is 0 Å². The first-order valence-corrected chi connectivity index (χ1v) is 4.45. The molecule has 0 aliphatic heterocycles. The summed E-state index contributed by atoms with van der Waals surface area (Å²) < 4.78 is 0. The fraction of sp³-hybridized carbons (Fsp3) is 0.0833. The summed E-state index contributed by atoms with van der Waals surface area (Å²) in [5.74, 6) is -0.791. The van der Waals surface area contributed by atoms with E-state index in [-0.39, 0.29) is 6.42 Å². The molecule has 2 radical (unpaired) electrons. The monoisotopic (exact) mass is 183 g/mol. The first kappa shape index (κ1) is 8.75. The van der Waals surface area contributed by atoms with Gasteiger partial charge in [-0.3, -0.25) is 4.79 Å². The van der Waals surface area contributed by atoms with Crippen LogP contribution in [-0.2, 0) is 11.2 Å². The molecule has 0 heterocycles. The zero-order valence-corrected chi connectivity index (χ0v) is 7.60. The van der Waals surface area contributed by atoms with Gasteiger partial charge in [0.05, 0.1) is 6.42 Å². The lowest BCUT2D eigenvalue weighted by atomic mass is 10.1. The van der Waals surface area contributed by atoms with Gasteiger partial charge in [-0.25, -0.2) is 0 Å². The zero-order chi connectivity index (χ0) is 9.97. The van der Waals surface area contributed by atoms with Crippen molar-refractivity contribution < 1.29 is 4.79 Å². The average Bonchev–Trinajstić information content (AvgIpc) is 2.17. The van der Waals surface area contributed by atoms with E-state index < -0.39 is 5.91 Å². The van der Waals surface area contributed by atoms with Crippen LogP contribution in [0.15, 0.2) is 42.5 Å². The Morgan fingerprint density at radius 3 is 2.50 bits per heavy atom. The maximum atomic E-state index is 10.5. The van der Waals surface area contributed by atoms with Crippen LogP contribution in [0.1, 0.15) is 5.56 Å². The van der Waals surface area contributed by atoms with E-state index in [2.05, 4.69) is 0 Å². The lowest BCUT2D eigenvalue weighted by molar-refractivity contribution is -0.118. The van der Waals surface area contributed by atoms with Crippen molar-refractivity contribution in [3.8, 4) is 0 Å². The average molecular weight is 183 g/mol. The largest absolute Gasteiger partial charge is 0.271 e. The second kappa shape index (κ2) is 3.50. The number of hydrogen-bond acceptors (Lipinski definition) is 1. The molecule has 68 valence electrons. The van der Waals surface area contributed by atoms with Gasteiger partial charge in [-0.2, -0.15) is 0 Å². The highest BCUT2D eigenvalue weighted by molar-refractivity contribution is 5.84. The summed E-state index contributed by atoms with van der Waals surface area (Å²) in [5, 5.41) is 2.23. The minimum atomic E-state index is -0.791. The molecule has 2 aromatic rings. The minimum Gasteiger partial charge on any atom is -0.271 e. The molecule has 0 atom stereocenters. The summed E-state index contributed by atoms with van der Waals surface area (Å²) in [7, 11) is 0. The molecule has 14 heavy (non-hydrogen) atoms. The SMILES string of the molecule is [N]C(=O)Cc1ccc2ccccc2c1. The van der Waals surface area contributed by atoms with E-state index in [4.69, 9.17) is 5.73 Å². The van der Waals surface area contributed by atoms with Gasteiger partial charge < -0.3 is 0 Å². The van der Waals surface area contributed by atoms with Crippen LogP contribution in [-0.4, -0.2) is 5.91 Å². The van der Waals surface area contributed by atoms with Gasteiger partial charge in [0.1, 0.15) is 0 Å². The summed E-state index contributed by atoms with van der Waals surface area (Å²) in [6.07, 6.45) is 0.0881. The minimum absolute atomic E-state index is 0.0881. The summed E-state index contributed by atoms with van der Waals surface area (Å²) in [6.45, 7) is 0. The third-order valence-corrected chi connectivity index (χ3v) is 2.17. The van der Waals surface area contributed by atoms with Crippen LogP contribution in [0.5, 0.6) is 0 Å². The number of nitrogens with zero attached hydrogens (tertiary/aromatic N) is 1. The highest BCUT2D eigenvalue weighted by Gasteiger charge is 2.00. The van der Waals surface area contributed by atoms with Gasteiger partial charge in [0.2, 0.25) is 0 Å². The normalized spacial score (nSPS) is 10.3. The topological polar surface area (TPSA) is 39.4 Å². The Balaban J connectivity index is 2.46. The third-order valence-electron chi connectivity index (χ3n) is 2.17. The van der Waals surface area contributed by atoms with E-state index in [0.29, 0.717) is 0 Å². The van der Waals surface area contributed by atoms with Gasteiger partial charge in [0, 0.05) is 0 Å². The van der Waals surface area contributed by atoms with Crippen molar-refractivity contribution in [3.63, 3.8) is 0 Å². The molecule has 0 spiro atoms. The lowest BCUT2D eigenvalue weighted by Crippen LogP contribution is -2.01. The molecule has 0 aliphatic carbocycles. The predicted molar refractivity (Wildman–Crippen MR) is 54.8 cm³/mol. The van der Waals surface area contributed by atoms with Crippen LogP contribution in [0, 0.1) is 0 Å². The first-order chi connectivity index (χ1) is 6.75. The molecule has 0 saturated carbocycles. The van der Waals surface area contributed by atoms with E-state index in [1.165, 1.54) is 0 Å². The number of carbonyl (C=O) groups is 1. The Hall–Kier alpha value is -1.83. The maximum absolute atomic E-state index is 10.5. The summed E-state index contributed by atoms with van der Waals surface area (Å²) in [6, 6.07) is 13.7. The van der Waals surface area contributed by atoms with Crippen molar-refractivity contribution in [3.05, 3.63) is 48.0 Å². The summed E-state index contributed by atoms with van der Waals surface area (Å²) in [5.41, 5.74) is 9.48. The van der Waals surface area contributed by atoms with Crippen molar-refractivity contribution >= 4 is 16.7 Å². The zero-order valence-electron chi connectivity index (χ0n) is 7.60. The van der Waals surface area contributed by atoms with E-state index in [1.54, 1.807) is 0 Å². The second-order valence-electron chi connectivity index (χ2n) is 3.25. The van der Waals surface area contributed by atoms with Crippen LogP contribution in [0.2, 0.25) is 0 Å². The Labute approximate surface area is 82.3 Å². The lowest BCUT2D eigenvalue weighted by Gasteiger charge is -2.00. The highest BCUT2D eigenvalue weighted by Crippen LogP contribution is 2.15. The van der Waals surface area contributed by atoms with Gasteiger partial charge in [-0.15, -0.1) is 5.73 Å². The van der Waals surface area contributed by atoms with E-state index in [9.17, 15) is 4.79 Å². The van der Waals surface area contributed by atoms with Crippen LogP contribution < -0.4 is 5.73 Å². The standard InChI is InChI=1S/C12H9NO/c13-12(14)8-9-5-6-10-3-1-2-4-11(10)7-9/h1-7H,8H2. The molecule has 0 bridgehead atoms. The number of carbonyl (C=O) groups excluding carboxylic acids is 1.